The van der Waals surface area contributed by atoms with E-state index in [1.165, 1.54) is 68.1 Å². The van der Waals surface area contributed by atoms with Crippen LogP contribution in [-0.4, -0.2) is 0 Å². The van der Waals surface area contributed by atoms with Gasteiger partial charge in [0.05, 0.1) is 0 Å². The smallest absolute Gasteiger partial charge is 0.0181 e. The van der Waals surface area contributed by atoms with Gasteiger partial charge in [-0.3, -0.25) is 0 Å². The van der Waals surface area contributed by atoms with Crippen LogP contribution in [0.1, 0.15) is 68.6 Å². The van der Waals surface area contributed by atoms with Gasteiger partial charge in [0.25, 0.3) is 0 Å². The summed E-state index contributed by atoms with van der Waals surface area (Å²) in [6, 6.07) is 16.4. The number of rotatable bonds is 6. The monoisotopic (exact) mass is 372 g/mol. The summed E-state index contributed by atoms with van der Waals surface area (Å²) in [7, 11) is 0. The molecular formula is C28H36. The van der Waals surface area contributed by atoms with Gasteiger partial charge in [0.1, 0.15) is 0 Å². The molecule has 2 aliphatic rings. The van der Waals surface area contributed by atoms with E-state index in [0.29, 0.717) is 0 Å². The largest absolute Gasteiger partial charge is 0.103 e. The van der Waals surface area contributed by atoms with E-state index in [0.717, 1.165) is 30.6 Å². The molecule has 0 heterocycles. The average molecular weight is 373 g/mol. The Kier molecular flexibility index (Phi) is 6.35. The number of fused-ring (bicyclic) bond motifs is 1. The molecule has 0 heteroatoms. The molecule has 0 N–H and O–H groups in total. The lowest BCUT2D eigenvalue weighted by Crippen LogP contribution is -2.26. The average Bonchev–Trinajstić information content (AvgIpc) is 2.77. The van der Waals surface area contributed by atoms with E-state index >= 15 is 0 Å². The van der Waals surface area contributed by atoms with Crippen LogP contribution in [0.3, 0.4) is 0 Å². The van der Waals surface area contributed by atoms with Crippen LogP contribution in [0, 0.1) is 17.8 Å². The summed E-state index contributed by atoms with van der Waals surface area (Å²) in [6.45, 7) is 6.19. The van der Waals surface area contributed by atoms with Gasteiger partial charge in [0.15, 0.2) is 0 Å². The fourth-order valence-corrected chi connectivity index (χ4v) is 5.57. The summed E-state index contributed by atoms with van der Waals surface area (Å²) >= 11 is 0. The highest BCUT2D eigenvalue weighted by Crippen LogP contribution is 2.40. The van der Waals surface area contributed by atoms with Gasteiger partial charge in [0.2, 0.25) is 0 Å². The van der Waals surface area contributed by atoms with Crippen molar-refractivity contribution in [3.05, 3.63) is 71.8 Å². The van der Waals surface area contributed by atoms with Gasteiger partial charge in [0, 0.05) is 0 Å². The summed E-state index contributed by atoms with van der Waals surface area (Å²) in [4.78, 5) is 0. The fourth-order valence-electron chi connectivity index (χ4n) is 5.57. The molecule has 1 saturated carbocycles. The summed E-state index contributed by atoms with van der Waals surface area (Å²) in [5.41, 5.74) is 7.37. The van der Waals surface area contributed by atoms with Gasteiger partial charge >= 0.3 is 0 Å². The number of hydrogen-bond acceptors (Lipinski definition) is 0. The molecule has 1 fully saturated rings. The summed E-state index contributed by atoms with van der Waals surface area (Å²) in [5.74, 6) is 2.93. The van der Waals surface area contributed by atoms with Crippen molar-refractivity contribution in [2.75, 3.05) is 0 Å². The number of aryl methyl sites for hydroxylation is 2. The van der Waals surface area contributed by atoms with E-state index in [1.54, 1.807) is 11.1 Å². The van der Waals surface area contributed by atoms with Crippen molar-refractivity contribution in [1.29, 1.82) is 0 Å². The molecule has 0 bridgehead atoms. The maximum Gasteiger partial charge on any atom is -0.0181 e. The molecule has 0 nitrogen and oxygen atoms in total. The first-order valence-corrected chi connectivity index (χ1v) is 11.6. The molecule has 1 unspecified atom stereocenters. The molecular weight excluding hydrogens is 336 g/mol. The molecule has 0 amide bonds. The van der Waals surface area contributed by atoms with Crippen molar-refractivity contribution in [2.24, 2.45) is 17.8 Å². The first kappa shape index (κ1) is 19.5. The standard InChI is InChI=1S/C28H36/c1-3-5-6-22-9-13-24(14-10-22)26-16-18-27-19-25(15-17-28(27)20-26)23-11-7-21(4-2)8-12-23/h3,9-10,13-14,16,18,20-21,23,25H,1,4-8,11-12,15,17,19H2,2H3. The Balaban J connectivity index is 1.42. The molecule has 148 valence electrons. The SMILES string of the molecule is C=CCCc1ccc(-c2ccc3c(c2)CCC(C2CCC(CC)CC2)C3)cc1. The van der Waals surface area contributed by atoms with Crippen molar-refractivity contribution in [3.63, 3.8) is 0 Å². The van der Waals surface area contributed by atoms with E-state index in [-0.39, 0.29) is 0 Å². The number of hydrogen-bond donors (Lipinski definition) is 0. The predicted molar refractivity (Wildman–Crippen MR) is 122 cm³/mol. The topological polar surface area (TPSA) is 0 Å². The van der Waals surface area contributed by atoms with Gasteiger partial charge < -0.3 is 0 Å². The lowest BCUT2D eigenvalue weighted by molar-refractivity contribution is 0.187. The third-order valence-electron chi connectivity index (χ3n) is 7.53. The zero-order chi connectivity index (χ0) is 19.3. The van der Waals surface area contributed by atoms with Crippen LogP contribution in [0.4, 0.5) is 0 Å². The normalized spacial score (nSPS) is 24.5. The first-order valence-electron chi connectivity index (χ1n) is 11.6. The zero-order valence-corrected chi connectivity index (χ0v) is 17.6. The van der Waals surface area contributed by atoms with Gasteiger partial charge in [-0.2, -0.15) is 0 Å². The Bertz CT molecular complexity index is 774. The maximum absolute atomic E-state index is 3.82. The van der Waals surface area contributed by atoms with E-state index in [1.807, 2.05) is 6.08 Å². The molecule has 2 aromatic carbocycles. The minimum absolute atomic E-state index is 0.931. The molecule has 4 rings (SSSR count). The third-order valence-corrected chi connectivity index (χ3v) is 7.53. The number of allylic oxidation sites excluding steroid dienone is 1. The summed E-state index contributed by atoms with van der Waals surface area (Å²) in [6.07, 6.45) is 15.4. The molecule has 0 spiro atoms. The molecule has 2 aliphatic carbocycles. The quantitative estimate of drug-likeness (QED) is 0.454. The highest BCUT2D eigenvalue weighted by molar-refractivity contribution is 5.65. The predicted octanol–water partition coefficient (Wildman–Crippen LogP) is 7.79. The van der Waals surface area contributed by atoms with Crippen LogP contribution in [0.25, 0.3) is 11.1 Å². The van der Waals surface area contributed by atoms with Crippen LogP contribution >= 0.6 is 0 Å². The van der Waals surface area contributed by atoms with E-state index in [9.17, 15) is 0 Å². The highest BCUT2D eigenvalue weighted by atomic mass is 14.3. The lowest BCUT2D eigenvalue weighted by atomic mass is 9.69. The van der Waals surface area contributed by atoms with Gasteiger partial charge in [-0.25, -0.2) is 0 Å². The van der Waals surface area contributed by atoms with Gasteiger partial charge in [-0.15, -0.1) is 6.58 Å². The van der Waals surface area contributed by atoms with Crippen molar-refractivity contribution in [3.8, 4) is 11.1 Å². The van der Waals surface area contributed by atoms with Crippen molar-refractivity contribution in [2.45, 2.75) is 71.1 Å². The minimum Gasteiger partial charge on any atom is -0.103 e. The minimum atomic E-state index is 0.931. The second kappa shape index (κ2) is 9.12. The Morgan fingerprint density at radius 1 is 0.857 bits per heavy atom. The summed E-state index contributed by atoms with van der Waals surface area (Å²) in [5, 5.41) is 0. The van der Waals surface area contributed by atoms with E-state index < -0.39 is 0 Å². The van der Waals surface area contributed by atoms with Crippen LogP contribution in [0.5, 0.6) is 0 Å². The molecule has 0 radical (unpaired) electrons. The Morgan fingerprint density at radius 2 is 1.61 bits per heavy atom. The third kappa shape index (κ3) is 4.43. The maximum atomic E-state index is 3.82. The van der Waals surface area contributed by atoms with Crippen molar-refractivity contribution < 1.29 is 0 Å². The van der Waals surface area contributed by atoms with Crippen LogP contribution < -0.4 is 0 Å². The fraction of sp³-hybridized carbons (Fsp3) is 0.500. The molecule has 2 aromatic rings. The van der Waals surface area contributed by atoms with Gasteiger partial charge in [-0.1, -0.05) is 74.7 Å². The van der Waals surface area contributed by atoms with Crippen molar-refractivity contribution >= 4 is 0 Å². The molecule has 0 aromatic heterocycles. The zero-order valence-electron chi connectivity index (χ0n) is 17.6. The highest BCUT2D eigenvalue weighted by Gasteiger charge is 2.29. The van der Waals surface area contributed by atoms with E-state index in [2.05, 4.69) is 56.0 Å². The molecule has 0 saturated heterocycles. The summed E-state index contributed by atoms with van der Waals surface area (Å²) < 4.78 is 0. The Morgan fingerprint density at radius 3 is 2.32 bits per heavy atom. The second-order valence-corrected chi connectivity index (χ2v) is 9.20. The Hall–Kier alpha value is -1.82. The van der Waals surface area contributed by atoms with Crippen LogP contribution in [0.15, 0.2) is 55.1 Å². The molecule has 28 heavy (non-hydrogen) atoms. The van der Waals surface area contributed by atoms with Crippen LogP contribution in [0.2, 0.25) is 0 Å². The number of benzene rings is 2. The molecule has 0 aliphatic heterocycles. The Labute approximate surface area is 172 Å². The van der Waals surface area contributed by atoms with E-state index in [4.69, 9.17) is 0 Å². The van der Waals surface area contributed by atoms with Gasteiger partial charge in [-0.05, 0) is 90.5 Å². The van der Waals surface area contributed by atoms with Crippen LogP contribution in [-0.2, 0) is 19.3 Å². The lowest BCUT2D eigenvalue weighted by Gasteiger charge is -2.36. The first-order chi connectivity index (χ1) is 13.8. The second-order valence-electron chi connectivity index (χ2n) is 9.20. The van der Waals surface area contributed by atoms with Crippen molar-refractivity contribution in [1.82, 2.24) is 0 Å². The molecule has 1 atom stereocenters.